The molecule has 0 unspecified atom stereocenters. The van der Waals surface area contributed by atoms with Crippen molar-refractivity contribution in [2.75, 3.05) is 7.05 Å². The largest absolute Gasteiger partial charge is 0.507 e. The maximum absolute atomic E-state index is 11.4. The first-order chi connectivity index (χ1) is 10.0. The summed E-state index contributed by atoms with van der Waals surface area (Å²) in [6.45, 7) is 0. The standard InChI is InChI=1S/C14H12N2O4S/c1-15-13(18)11-7-16-12(21-11)5-3-8-2-4-10(17)9(6-8)14(19)20/h2-7,17H,1H3,(H,15,18)(H,19,20)/b5-3+. The third-order valence-electron chi connectivity index (χ3n) is 2.64. The molecule has 7 heteroatoms. The fourth-order valence-electron chi connectivity index (χ4n) is 1.59. The van der Waals surface area contributed by atoms with E-state index in [-0.39, 0.29) is 17.2 Å². The van der Waals surface area contributed by atoms with Gasteiger partial charge in [-0.25, -0.2) is 9.78 Å². The summed E-state index contributed by atoms with van der Waals surface area (Å²) in [7, 11) is 1.54. The van der Waals surface area contributed by atoms with E-state index >= 15 is 0 Å². The molecular formula is C14H12N2O4S. The van der Waals surface area contributed by atoms with Crippen LogP contribution in [0.2, 0.25) is 0 Å². The Kier molecular flexibility index (Phi) is 4.34. The zero-order chi connectivity index (χ0) is 15.4. The van der Waals surface area contributed by atoms with Crippen molar-refractivity contribution in [3.8, 4) is 5.75 Å². The highest BCUT2D eigenvalue weighted by atomic mass is 32.1. The molecule has 2 rings (SSSR count). The Bertz CT molecular complexity index is 722. The zero-order valence-corrected chi connectivity index (χ0v) is 11.8. The van der Waals surface area contributed by atoms with Gasteiger partial charge in [-0.1, -0.05) is 12.1 Å². The van der Waals surface area contributed by atoms with Crippen molar-refractivity contribution in [1.82, 2.24) is 10.3 Å². The molecule has 0 saturated heterocycles. The van der Waals surface area contributed by atoms with E-state index in [2.05, 4.69) is 10.3 Å². The summed E-state index contributed by atoms with van der Waals surface area (Å²) in [5, 5.41) is 21.5. The van der Waals surface area contributed by atoms with Gasteiger partial charge in [-0.05, 0) is 23.8 Å². The van der Waals surface area contributed by atoms with Gasteiger partial charge in [0.25, 0.3) is 5.91 Å². The van der Waals surface area contributed by atoms with Gasteiger partial charge in [-0.3, -0.25) is 4.79 Å². The summed E-state index contributed by atoms with van der Waals surface area (Å²) in [5.41, 5.74) is 0.448. The lowest BCUT2D eigenvalue weighted by molar-refractivity contribution is 0.0693. The molecule has 0 fully saturated rings. The van der Waals surface area contributed by atoms with E-state index in [1.54, 1.807) is 25.3 Å². The topological polar surface area (TPSA) is 99.5 Å². The molecule has 21 heavy (non-hydrogen) atoms. The number of benzene rings is 1. The van der Waals surface area contributed by atoms with E-state index < -0.39 is 5.97 Å². The van der Waals surface area contributed by atoms with Crippen molar-refractivity contribution in [2.24, 2.45) is 0 Å². The van der Waals surface area contributed by atoms with Gasteiger partial charge in [-0.2, -0.15) is 0 Å². The van der Waals surface area contributed by atoms with Gasteiger partial charge >= 0.3 is 5.97 Å². The monoisotopic (exact) mass is 304 g/mol. The van der Waals surface area contributed by atoms with E-state index in [1.165, 1.54) is 29.7 Å². The van der Waals surface area contributed by atoms with Crippen LogP contribution in [0.4, 0.5) is 0 Å². The molecule has 0 radical (unpaired) electrons. The first kappa shape index (κ1) is 14.7. The minimum Gasteiger partial charge on any atom is -0.507 e. The Morgan fingerprint density at radius 2 is 2.10 bits per heavy atom. The van der Waals surface area contributed by atoms with Crippen LogP contribution >= 0.6 is 11.3 Å². The van der Waals surface area contributed by atoms with E-state index in [1.807, 2.05) is 0 Å². The van der Waals surface area contributed by atoms with Gasteiger partial charge in [0, 0.05) is 7.05 Å². The fraction of sp³-hybridized carbons (Fsp3) is 0.0714. The third-order valence-corrected chi connectivity index (χ3v) is 3.61. The number of amides is 1. The van der Waals surface area contributed by atoms with E-state index in [0.29, 0.717) is 15.4 Å². The van der Waals surface area contributed by atoms with E-state index in [9.17, 15) is 14.7 Å². The molecule has 1 aromatic heterocycles. The Morgan fingerprint density at radius 3 is 2.76 bits per heavy atom. The number of carboxylic acid groups (broad SMARTS) is 1. The maximum atomic E-state index is 11.4. The van der Waals surface area contributed by atoms with Gasteiger partial charge in [0.2, 0.25) is 0 Å². The van der Waals surface area contributed by atoms with Crippen LogP contribution in [0.25, 0.3) is 12.2 Å². The molecule has 2 aromatic rings. The minimum absolute atomic E-state index is 0.165. The average molecular weight is 304 g/mol. The molecule has 1 aromatic carbocycles. The van der Waals surface area contributed by atoms with Gasteiger partial charge in [0.05, 0.1) is 6.20 Å². The number of carboxylic acids is 1. The van der Waals surface area contributed by atoms with Crippen LogP contribution < -0.4 is 5.32 Å². The molecule has 1 heterocycles. The highest BCUT2D eigenvalue weighted by Crippen LogP contribution is 2.21. The molecule has 0 bridgehead atoms. The Morgan fingerprint density at radius 1 is 1.33 bits per heavy atom. The molecule has 3 N–H and O–H groups in total. The number of carbonyl (C=O) groups excluding carboxylic acids is 1. The summed E-state index contributed by atoms with van der Waals surface area (Å²) < 4.78 is 0. The van der Waals surface area contributed by atoms with Crippen LogP contribution in [0.1, 0.15) is 30.6 Å². The van der Waals surface area contributed by atoms with Crippen LogP contribution in [0, 0.1) is 0 Å². The molecule has 0 atom stereocenters. The molecule has 1 amide bonds. The zero-order valence-electron chi connectivity index (χ0n) is 11.0. The summed E-state index contributed by atoms with van der Waals surface area (Å²) >= 11 is 1.22. The van der Waals surface area contributed by atoms with Crippen LogP contribution in [0.15, 0.2) is 24.4 Å². The SMILES string of the molecule is CNC(=O)c1cnc(/C=C/c2ccc(O)c(C(=O)O)c2)s1. The van der Waals surface area contributed by atoms with Crippen LogP contribution in [-0.2, 0) is 0 Å². The summed E-state index contributed by atoms with van der Waals surface area (Å²) in [6, 6.07) is 4.27. The number of nitrogens with one attached hydrogen (secondary N) is 1. The van der Waals surface area contributed by atoms with Crippen LogP contribution in [-0.4, -0.2) is 34.1 Å². The van der Waals surface area contributed by atoms with Crippen molar-refractivity contribution in [3.05, 3.63) is 45.4 Å². The predicted octanol–water partition coefficient (Wildman–Crippen LogP) is 2.08. The minimum atomic E-state index is -1.20. The van der Waals surface area contributed by atoms with Crippen molar-refractivity contribution in [1.29, 1.82) is 0 Å². The normalized spacial score (nSPS) is 10.7. The number of rotatable bonds is 4. The molecular weight excluding hydrogens is 292 g/mol. The lowest BCUT2D eigenvalue weighted by Crippen LogP contribution is -2.16. The summed E-state index contributed by atoms with van der Waals surface area (Å²) in [5.74, 6) is -1.68. The van der Waals surface area contributed by atoms with Crippen molar-refractivity contribution < 1.29 is 19.8 Å². The van der Waals surface area contributed by atoms with Gasteiger partial charge < -0.3 is 15.5 Å². The number of aromatic hydroxyl groups is 1. The van der Waals surface area contributed by atoms with Gasteiger partial charge in [0.1, 0.15) is 21.2 Å². The Labute approximate surface area is 124 Å². The number of thiazole rings is 1. The Balaban J connectivity index is 2.21. The second kappa shape index (κ2) is 6.19. The number of carbonyl (C=O) groups is 2. The average Bonchev–Trinajstić information content (AvgIpc) is 2.94. The first-order valence-corrected chi connectivity index (χ1v) is 6.75. The number of hydrogen-bond donors (Lipinski definition) is 3. The van der Waals surface area contributed by atoms with Gasteiger partial charge in [0.15, 0.2) is 0 Å². The molecule has 0 aliphatic carbocycles. The number of nitrogens with zero attached hydrogens (tertiary/aromatic N) is 1. The second-order valence-electron chi connectivity index (χ2n) is 4.06. The molecule has 6 nitrogen and oxygen atoms in total. The fourth-order valence-corrected chi connectivity index (χ4v) is 2.36. The second-order valence-corrected chi connectivity index (χ2v) is 5.12. The quantitative estimate of drug-likeness (QED) is 0.803. The third kappa shape index (κ3) is 3.46. The van der Waals surface area contributed by atoms with Crippen molar-refractivity contribution in [3.63, 3.8) is 0 Å². The lowest BCUT2D eigenvalue weighted by Gasteiger charge is -2.00. The Hall–Kier alpha value is -2.67. The van der Waals surface area contributed by atoms with E-state index in [4.69, 9.17) is 5.11 Å². The molecule has 0 aliphatic rings. The first-order valence-electron chi connectivity index (χ1n) is 5.93. The molecule has 0 aliphatic heterocycles. The van der Waals surface area contributed by atoms with E-state index in [0.717, 1.165) is 0 Å². The van der Waals surface area contributed by atoms with Gasteiger partial charge in [-0.15, -0.1) is 11.3 Å². The maximum Gasteiger partial charge on any atom is 0.339 e. The highest BCUT2D eigenvalue weighted by Gasteiger charge is 2.09. The van der Waals surface area contributed by atoms with Crippen LogP contribution in [0.3, 0.4) is 0 Å². The number of aromatic nitrogens is 1. The molecule has 0 saturated carbocycles. The lowest BCUT2D eigenvalue weighted by atomic mass is 10.1. The predicted molar refractivity (Wildman–Crippen MR) is 79.5 cm³/mol. The summed E-state index contributed by atoms with van der Waals surface area (Å²) in [4.78, 5) is 26.9. The molecule has 0 spiro atoms. The van der Waals surface area contributed by atoms with Crippen molar-refractivity contribution in [2.45, 2.75) is 0 Å². The number of hydrogen-bond acceptors (Lipinski definition) is 5. The number of aromatic carboxylic acids is 1. The molecule has 108 valence electrons. The summed E-state index contributed by atoms with van der Waals surface area (Å²) in [6.07, 6.45) is 4.82. The highest BCUT2D eigenvalue weighted by molar-refractivity contribution is 7.14. The smallest absolute Gasteiger partial charge is 0.339 e. The van der Waals surface area contributed by atoms with Crippen LogP contribution in [0.5, 0.6) is 5.75 Å². The number of phenols is 1. The van der Waals surface area contributed by atoms with Crippen molar-refractivity contribution >= 4 is 35.4 Å².